The predicted octanol–water partition coefficient (Wildman–Crippen LogP) is 0.639. The Labute approximate surface area is 68.8 Å². The summed E-state index contributed by atoms with van der Waals surface area (Å²) in [6.07, 6.45) is 0. The number of pyridine rings is 1. The van der Waals surface area contributed by atoms with E-state index in [0.29, 0.717) is 5.65 Å². The number of aromatic amines is 1. The van der Waals surface area contributed by atoms with Crippen molar-refractivity contribution in [3.63, 3.8) is 0 Å². The van der Waals surface area contributed by atoms with Crippen LogP contribution in [0.1, 0.15) is 11.3 Å². The summed E-state index contributed by atoms with van der Waals surface area (Å²) in [5.41, 5.74) is 2.52. The Morgan fingerprint density at radius 2 is 2.17 bits per heavy atom. The van der Waals surface area contributed by atoms with Gasteiger partial charge in [0, 0.05) is 5.69 Å². The van der Waals surface area contributed by atoms with E-state index in [1.54, 1.807) is 4.40 Å². The van der Waals surface area contributed by atoms with Crippen molar-refractivity contribution in [2.75, 3.05) is 0 Å². The minimum Gasteiger partial charge on any atom is -0.247 e. The van der Waals surface area contributed by atoms with Crippen LogP contribution in [0.5, 0.6) is 0 Å². The van der Waals surface area contributed by atoms with E-state index in [-0.39, 0.29) is 5.69 Å². The van der Waals surface area contributed by atoms with Gasteiger partial charge in [0.15, 0.2) is 5.65 Å². The van der Waals surface area contributed by atoms with Crippen LogP contribution in [0.15, 0.2) is 16.9 Å². The number of fused-ring (bicyclic) bond motifs is 1. The molecule has 0 unspecified atom stereocenters. The van der Waals surface area contributed by atoms with E-state index in [9.17, 15) is 4.79 Å². The molecule has 0 aliphatic rings. The van der Waals surface area contributed by atoms with Gasteiger partial charge in [-0.15, -0.1) is 0 Å². The Kier molecular flexibility index (Phi) is 1.30. The van der Waals surface area contributed by atoms with Crippen LogP contribution in [-0.4, -0.2) is 14.6 Å². The standard InChI is InChI=1S/C8H9N3O/c1-5-3-4-7-9-10-8(12)11(7)6(5)2/h3-4H,1-2H3,(H,10,12). The van der Waals surface area contributed by atoms with Gasteiger partial charge in [-0.25, -0.2) is 14.3 Å². The quantitative estimate of drug-likeness (QED) is 0.619. The first kappa shape index (κ1) is 7.09. The maximum absolute atomic E-state index is 11.2. The number of nitrogens with zero attached hydrogens (tertiary/aromatic N) is 2. The fourth-order valence-electron chi connectivity index (χ4n) is 1.24. The van der Waals surface area contributed by atoms with Crippen LogP contribution in [0.2, 0.25) is 0 Å². The van der Waals surface area contributed by atoms with Gasteiger partial charge in [0.2, 0.25) is 0 Å². The molecule has 0 saturated heterocycles. The Morgan fingerprint density at radius 1 is 1.42 bits per heavy atom. The highest BCUT2D eigenvalue weighted by molar-refractivity contribution is 5.40. The normalized spacial score (nSPS) is 10.8. The average molecular weight is 163 g/mol. The molecule has 2 aromatic heterocycles. The number of aromatic nitrogens is 3. The lowest BCUT2D eigenvalue weighted by Gasteiger charge is -2.00. The number of nitrogens with one attached hydrogen (secondary N) is 1. The summed E-state index contributed by atoms with van der Waals surface area (Å²) in [6, 6.07) is 3.77. The first-order valence-corrected chi connectivity index (χ1v) is 3.73. The van der Waals surface area contributed by atoms with Gasteiger partial charge in [-0.3, -0.25) is 0 Å². The topological polar surface area (TPSA) is 50.2 Å². The Morgan fingerprint density at radius 3 is 2.92 bits per heavy atom. The highest BCUT2D eigenvalue weighted by Crippen LogP contribution is 2.06. The van der Waals surface area contributed by atoms with Crippen molar-refractivity contribution in [3.8, 4) is 0 Å². The largest absolute Gasteiger partial charge is 0.347 e. The van der Waals surface area contributed by atoms with Crippen LogP contribution in [0, 0.1) is 13.8 Å². The van der Waals surface area contributed by atoms with Gasteiger partial charge in [0.1, 0.15) is 0 Å². The molecule has 4 heteroatoms. The maximum Gasteiger partial charge on any atom is 0.347 e. The van der Waals surface area contributed by atoms with E-state index in [0.717, 1.165) is 11.3 Å². The van der Waals surface area contributed by atoms with Gasteiger partial charge < -0.3 is 0 Å². The molecule has 1 N–H and O–H groups in total. The molecule has 0 radical (unpaired) electrons. The molecular formula is C8H9N3O. The molecule has 62 valence electrons. The molecule has 0 aromatic carbocycles. The molecule has 0 spiro atoms. The summed E-state index contributed by atoms with van der Waals surface area (Å²) in [7, 11) is 0. The molecule has 0 atom stereocenters. The van der Waals surface area contributed by atoms with E-state index >= 15 is 0 Å². The van der Waals surface area contributed by atoms with Gasteiger partial charge in [-0.2, -0.15) is 5.10 Å². The minimum atomic E-state index is -0.175. The van der Waals surface area contributed by atoms with Crippen molar-refractivity contribution >= 4 is 5.65 Å². The number of hydrogen-bond acceptors (Lipinski definition) is 2. The van der Waals surface area contributed by atoms with Crippen LogP contribution >= 0.6 is 0 Å². The number of H-pyrrole nitrogens is 1. The van der Waals surface area contributed by atoms with E-state index in [1.165, 1.54) is 0 Å². The smallest absolute Gasteiger partial charge is 0.247 e. The third kappa shape index (κ3) is 0.777. The van der Waals surface area contributed by atoms with E-state index in [1.807, 2.05) is 26.0 Å². The third-order valence-electron chi connectivity index (χ3n) is 2.09. The molecule has 0 amide bonds. The minimum absolute atomic E-state index is 0.175. The van der Waals surface area contributed by atoms with Gasteiger partial charge in [0.25, 0.3) is 0 Å². The first-order chi connectivity index (χ1) is 5.70. The Balaban J connectivity index is 3.06. The number of rotatable bonds is 0. The second-order valence-electron chi connectivity index (χ2n) is 2.82. The lowest BCUT2D eigenvalue weighted by atomic mass is 10.2. The second-order valence-corrected chi connectivity index (χ2v) is 2.82. The zero-order valence-electron chi connectivity index (χ0n) is 6.96. The van der Waals surface area contributed by atoms with Crippen LogP contribution in [-0.2, 0) is 0 Å². The van der Waals surface area contributed by atoms with Crippen LogP contribution in [0.4, 0.5) is 0 Å². The molecule has 12 heavy (non-hydrogen) atoms. The molecule has 0 bridgehead atoms. The summed E-state index contributed by atoms with van der Waals surface area (Å²) < 4.78 is 1.56. The monoisotopic (exact) mass is 163 g/mol. The number of aryl methyl sites for hydroxylation is 2. The Hall–Kier alpha value is -1.58. The molecule has 0 aliphatic carbocycles. The average Bonchev–Trinajstić information content (AvgIpc) is 2.41. The van der Waals surface area contributed by atoms with Crippen LogP contribution in [0.3, 0.4) is 0 Å². The van der Waals surface area contributed by atoms with E-state index in [2.05, 4.69) is 10.2 Å². The van der Waals surface area contributed by atoms with Crippen molar-refractivity contribution in [1.82, 2.24) is 14.6 Å². The highest BCUT2D eigenvalue weighted by atomic mass is 16.1. The maximum atomic E-state index is 11.2. The summed E-state index contributed by atoms with van der Waals surface area (Å²) >= 11 is 0. The predicted molar refractivity (Wildman–Crippen MR) is 45.3 cm³/mol. The molecule has 2 rings (SSSR count). The zero-order chi connectivity index (χ0) is 8.72. The van der Waals surface area contributed by atoms with Crippen molar-refractivity contribution in [1.29, 1.82) is 0 Å². The van der Waals surface area contributed by atoms with Gasteiger partial charge in [-0.1, -0.05) is 6.07 Å². The first-order valence-electron chi connectivity index (χ1n) is 3.73. The lowest BCUT2D eigenvalue weighted by molar-refractivity contribution is 0.979. The number of hydrogen-bond donors (Lipinski definition) is 1. The van der Waals surface area contributed by atoms with Gasteiger partial charge in [-0.05, 0) is 25.5 Å². The SMILES string of the molecule is Cc1ccc2n[nH]c(=O)n2c1C. The molecule has 2 aromatic rings. The van der Waals surface area contributed by atoms with Crippen LogP contribution in [0.25, 0.3) is 5.65 Å². The molecule has 2 heterocycles. The lowest BCUT2D eigenvalue weighted by Crippen LogP contribution is -2.12. The molecular weight excluding hydrogens is 154 g/mol. The van der Waals surface area contributed by atoms with Crippen molar-refractivity contribution in [2.45, 2.75) is 13.8 Å². The van der Waals surface area contributed by atoms with E-state index in [4.69, 9.17) is 0 Å². The van der Waals surface area contributed by atoms with E-state index < -0.39 is 0 Å². The van der Waals surface area contributed by atoms with Crippen molar-refractivity contribution < 1.29 is 0 Å². The van der Waals surface area contributed by atoms with Crippen molar-refractivity contribution in [3.05, 3.63) is 33.9 Å². The molecule has 0 saturated carbocycles. The van der Waals surface area contributed by atoms with Gasteiger partial charge in [0.05, 0.1) is 0 Å². The summed E-state index contributed by atoms with van der Waals surface area (Å²) in [4.78, 5) is 11.2. The fourth-order valence-corrected chi connectivity index (χ4v) is 1.24. The summed E-state index contributed by atoms with van der Waals surface area (Å²) in [5, 5.41) is 6.25. The third-order valence-corrected chi connectivity index (χ3v) is 2.09. The zero-order valence-corrected chi connectivity index (χ0v) is 6.96. The fraction of sp³-hybridized carbons (Fsp3) is 0.250. The van der Waals surface area contributed by atoms with Gasteiger partial charge >= 0.3 is 5.69 Å². The molecule has 4 nitrogen and oxygen atoms in total. The summed E-state index contributed by atoms with van der Waals surface area (Å²) in [6.45, 7) is 3.87. The highest BCUT2D eigenvalue weighted by Gasteiger charge is 2.03. The summed E-state index contributed by atoms with van der Waals surface area (Å²) in [5.74, 6) is 0. The van der Waals surface area contributed by atoms with Crippen LogP contribution < -0.4 is 5.69 Å². The van der Waals surface area contributed by atoms with Crippen molar-refractivity contribution in [2.24, 2.45) is 0 Å². The molecule has 0 aliphatic heterocycles. The molecule has 0 fully saturated rings. The second kappa shape index (κ2) is 2.20. The Bertz CT molecular complexity index is 480.